The third-order valence-corrected chi connectivity index (χ3v) is 3.10. The fraction of sp³-hybridized carbons (Fsp3) is 0.429. The van der Waals surface area contributed by atoms with Crippen LogP contribution in [0.25, 0.3) is 0 Å². The molecule has 114 valence electrons. The molecule has 0 heterocycles. The van der Waals surface area contributed by atoms with Crippen LogP contribution in [-0.4, -0.2) is 42.4 Å². The first-order chi connectivity index (χ1) is 9.86. The summed E-state index contributed by atoms with van der Waals surface area (Å²) in [5.41, 5.74) is 0.924. The molecule has 1 aromatic rings. The van der Waals surface area contributed by atoms with Crippen LogP contribution >= 0.6 is 0 Å². The number of nitrogens with zero attached hydrogens (tertiary/aromatic N) is 2. The van der Waals surface area contributed by atoms with Gasteiger partial charge in [-0.2, -0.15) is 0 Å². The zero-order valence-electron chi connectivity index (χ0n) is 12.3. The first kappa shape index (κ1) is 16.6. The molecule has 0 aromatic heterocycles. The van der Waals surface area contributed by atoms with Gasteiger partial charge in [0.15, 0.2) is 0 Å². The summed E-state index contributed by atoms with van der Waals surface area (Å²) >= 11 is 0. The molecular weight excluding hydrogens is 276 g/mol. The molecular formula is C14H18N2O5. The van der Waals surface area contributed by atoms with Gasteiger partial charge in [0, 0.05) is 37.7 Å². The van der Waals surface area contributed by atoms with Crippen molar-refractivity contribution >= 4 is 17.6 Å². The van der Waals surface area contributed by atoms with Gasteiger partial charge in [0.05, 0.1) is 12.0 Å². The van der Waals surface area contributed by atoms with Crippen molar-refractivity contribution in [3.63, 3.8) is 0 Å². The molecule has 0 aliphatic carbocycles. The van der Waals surface area contributed by atoms with Gasteiger partial charge in [-0.15, -0.1) is 0 Å². The maximum Gasteiger partial charge on any atom is 0.305 e. The third kappa shape index (κ3) is 4.55. The quantitative estimate of drug-likeness (QED) is 0.454. The average Bonchev–Trinajstić information content (AvgIpc) is 2.45. The number of non-ortho nitro benzene ring substituents is 1. The highest BCUT2D eigenvalue weighted by Crippen LogP contribution is 2.18. The molecule has 0 saturated carbocycles. The van der Waals surface area contributed by atoms with Crippen LogP contribution in [0.5, 0.6) is 0 Å². The van der Waals surface area contributed by atoms with E-state index in [-0.39, 0.29) is 24.0 Å². The average molecular weight is 294 g/mol. The van der Waals surface area contributed by atoms with Gasteiger partial charge in [-0.3, -0.25) is 19.7 Å². The zero-order valence-corrected chi connectivity index (χ0v) is 12.3. The number of carbonyl (C=O) groups is 2. The molecule has 0 atom stereocenters. The number of methoxy groups -OCH3 is 1. The summed E-state index contributed by atoms with van der Waals surface area (Å²) < 4.78 is 4.53. The smallest absolute Gasteiger partial charge is 0.305 e. The van der Waals surface area contributed by atoms with E-state index >= 15 is 0 Å². The topological polar surface area (TPSA) is 89.8 Å². The molecule has 0 N–H and O–H groups in total. The number of nitro groups is 1. The SMILES string of the molecule is COC(=O)CCCN(C)C(=O)c1ccc([N+](=O)[O-])cc1C. The van der Waals surface area contributed by atoms with E-state index in [9.17, 15) is 19.7 Å². The molecule has 0 aliphatic rings. The Morgan fingerprint density at radius 3 is 2.57 bits per heavy atom. The van der Waals surface area contributed by atoms with Gasteiger partial charge in [-0.05, 0) is 25.0 Å². The Labute approximate surface area is 122 Å². The van der Waals surface area contributed by atoms with E-state index in [1.54, 1.807) is 14.0 Å². The van der Waals surface area contributed by atoms with E-state index in [1.807, 2.05) is 0 Å². The molecule has 0 saturated heterocycles. The summed E-state index contributed by atoms with van der Waals surface area (Å²) in [4.78, 5) is 34.9. The van der Waals surface area contributed by atoms with E-state index in [0.29, 0.717) is 24.1 Å². The number of amides is 1. The molecule has 1 rings (SSSR count). The van der Waals surface area contributed by atoms with Crippen LogP contribution < -0.4 is 0 Å². The monoisotopic (exact) mass is 294 g/mol. The number of hydrogen-bond donors (Lipinski definition) is 0. The molecule has 0 spiro atoms. The summed E-state index contributed by atoms with van der Waals surface area (Å²) in [6.45, 7) is 2.06. The van der Waals surface area contributed by atoms with E-state index in [4.69, 9.17) is 0 Å². The summed E-state index contributed by atoms with van der Waals surface area (Å²) in [5.74, 6) is -0.547. The van der Waals surface area contributed by atoms with Gasteiger partial charge in [-0.25, -0.2) is 0 Å². The Morgan fingerprint density at radius 2 is 2.05 bits per heavy atom. The number of esters is 1. The van der Waals surface area contributed by atoms with Crippen LogP contribution in [-0.2, 0) is 9.53 Å². The molecule has 0 unspecified atom stereocenters. The van der Waals surface area contributed by atoms with Crippen LogP contribution in [0.15, 0.2) is 18.2 Å². The predicted molar refractivity (Wildman–Crippen MR) is 76.0 cm³/mol. The lowest BCUT2D eigenvalue weighted by Crippen LogP contribution is -2.28. The predicted octanol–water partition coefficient (Wildman–Crippen LogP) is 1.93. The number of carbonyl (C=O) groups excluding carboxylic acids is 2. The fourth-order valence-electron chi connectivity index (χ4n) is 1.87. The lowest BCUT2D eigenvalue weighted by molar-refractivity contribution is -0.384. The highest BCUT2D eigenvalue weighted by atomic mass is 16.6. The van der Waals surface area contributed by atoms with Gasteiger partial charge in [-0.1, -0.05) is 0 Å². The van der Waals surface area contributed by atoms with Crippen molar-refractivity contribution in [3.8, 4) is 0 Å². The van der Waals surface area contributed by atoms with Crippen molar-refractivity contribution in [2.45, 2.75) is 19.8 Å². The summed E-state index contributed by atoms with van der Waals surface area (Å²) in [5, 5.41) is 10.7. The largest absolute Gasteiger partial charge is 0.469 e. The minimum absolute atomic E-state index is 0.0441. The van der Waals surface area contributed by atoms with Gasteiger partial charge in [0.2, 0.25) is 0 Å². The Morgan fingerprint density at radius 1 is 1.38 bits per heavy atom. The Bertz CT molecular complexity index is 556. The molecule has 0 radical (unpaired) electrons. The number of nitro benzene ring substituents is 1. The first-order valence-electron chi connectivity index (χ1n) is 6.44. The molecule has 1 amide bonds. The van der Waals surface area contributed by atoms with E-state index < -0.39 is 4.92 Å². The minimum Gasteiger partial charge on any atom is -0.469 e. The number of aryl methyl sites for hydroxylation is 1. The van der Waals surface area contributed by atoms with Crippen molar-refractivity contribution in [2.24, 2.45) is 0 Å². The van der Waals surface area contributed by atoms with Crippen molar-refractivity contribution in [3.05, 3.63) is 39.4 Å². The van der Waals surface area contributed by atoms with Gasteiger partial charge < -0.3 is 9.64 Å². The van der Waals surface area contributed by atoms with Gasteiger partial charge >= 0.3 is 5.97 Å². The third-order valence-electron chi connectivity index (χ3n) is 3.10. The molecule has 7 heteroatoms. The number of rotatable bonds is 6. The van der Waals surface area contributed by atoms with Gasteiger partial charge in [0.1, 0.15) is 0 Å². The normalized spacial score (nSPS) is 10.0. The summed E-state index contributed by atoms with van der Waals surface area (Å²) in [6, 6.07) is 4.13. The highest BCUT2D eigenvalue weighted by Gasteiger charge is 2.17. The second-order valence-corrected chi connectivity index (χ2v) is 4.66. The molecule has 21 heavy (non-hydrogen) atoms. The maximum atomic E-state index is 12.2. The standard InChI is InChI=1S/C14H18N2O5/c1-10-9-11(16(19)20)6-7-12(10)14(18)15(2)8-4-5-13(17)21-3/h6-7,9H,4-5,8H2,1-3H3. The fourth-order valence-corrected chi connectivity index (χ4v) is 1.87. The molecule has 7 nitrogen and oxygen atoms in total. The zero-order chi connectivity index (χ0) is 16.0. The lowest BCUT2D eigenvalue weighted by atomic mass is 10.1. The number of hydrogen-bond acceptors (Lipinski definition) is 5. The van der Waals surface area contributed by atoms with Crippen LogP contribution in [0.3, 0.4) is 0 Å². The summed E-state index contributed by atoms with van der Waals surface area (Å²) in [6.07, 6.45) is 0.744. The molecule has 0 bridgehead atoms. The number of ether oxygens (including phenoxy) is 1. The van der Waals surface area contributed by atoms with Crippen LogP contribution in [0.1, 0.15) is 28.8 Å². The Hall–Kier alpha value is -2.44. The van der Waals surface area contributed by atoms with Gasteiger partial charge in [0.25, 0.3) is 11.6 Å². The van der Waals surface area contributed by atoms with Crippen LogP contribution in [0.2, 0.25) is 0 Å². The van der Waals surface area contributed by atoms with E-state index in [1.165, 1.54) is 30.2 Å². The van der Waals surface area contributed by atoms with Crippen LogP contribution in [0, 0.1) is 17.0 Å². The lowest BCUT2D eigenvalue weighted by Gasteiger charge is -2.18. The van der Waals surface area contributed by atoms with Crippen LogP contribution in [0.4, 0.5) is 5.69 Å². The molecule has 1 aromatic carbocycles. The van der Waals surface area contributed by atoms with E-state index in [0.717, 1.165) is 0 Å². The first-order valence-corrected chi connectivity index (χ1v) is 6.44. The van der Waals surface area contributed by atoms with Crippen molar-refractivity contribution in [2.75, 3.05) is 20.7 Å². The minimum atomic E-state index is -0.499. The second kappa shape index (κ2) is 7.37. The molecule has 0 fully saturated rings. The number of benzene rings is 1. The van der Waals surface area contributed by atoms with E-state index in [2.05, 4.69) is 4.74 Å². The molecule has 0 aliphatic heterocycles. The highest BCUT2D eigenvalue weighted by molar-refractivity contribution is 5.95. The van der Waals surface area contributed by atoms with Crippen molar-refractivity contribution in [1.29, 1.82) is 0 Å². The Balaban J connectivity index is 2.70. The van der Waals surface area contributed by atoms with Crippen molar-refractivity contribution in [1.82, 2.24) is 4.90 Å². The van der Waals surface area contributed by atoms with Crippen molar-refractivity contribution < 1.29 is 19.2 Å². The Kier molecular flexibility index (Phi) is 5.83. The maximum absolute atomic E-state index is 12.2. The summed E-state index contributed by atoms with van der Waals surface area (Å²) in [7, 11) is 2.94. The second-order valence-electron chi connectivity index (χ2n) is 4.66.